The first kappa shape index (κ1) is 16.0. The molecule has 1 aromatic carbocycles. The van der Waals surface area contributed by atoms with Crippen molar-refractivity contribution in [1.82, 2.24) is 10.4 Å². The van der Waals surface area contributed by atoms with Gasteiger partial charge in [0.15, 0.2) is 5.69 Å². The molecule has 1 aliphatic heterocycles. The van der Waals surface area contributed by atoms with E-state index in [4.69, 9.17) is 0 Å². The molecule has 2 heterocycles. The van der Waals surface area contributed by atoms with Crippen molar-refractivity contribution >= 4 is 45.4 Å². The van der Waals surface area contributed by atoms with Crippen molar-refractivity contribution in [1.29, 1.82) is 0 Å². The Hall–Kier alpha value is -2.88. The van der Waals surface area contributed by atoms with Gasteiger partial charge < -0.3 is 14.8 Å². The van der Waals surface area contributed by atoms with E-state index >= 15 is 0 Å². The third kappa shape index (κ3) is 2.95. The van der Waals surface area contributed by atoms with Crippen LogP contribution < -0.4 is 5.43 Å². The second-order valence-electron chi connectivity index (χ2n) is 4.91. The number of nitrogens with zero attached hydrogens (tertiary/aromatic N) is 3. The molecule has 1 unspecified atom stereocenters. The van der Waals surface area contributed by atoms with Crippen molar-refractivity contribution in [3.8, 4) is 5.88 Å². The summed E-state index contributed by atoms with van der Waals surface area (Å²) in [4.78, 5) is 25.2. The first-order valence-corrected chi connectivity index (χ1v) is 7.76. The van der Waals surface area contributed by atoms with Crippen LogP contribution in [-0.4, -0.2) is 39.5 Å². The predicted molar refractivity (Wildman–Crippen MR) is 89.0 cm³/mol. The van der Waals surface area contributed by atoms with Gasteiger partial charge in [0.05, 0.1) is 23.6 Å². The summed E-state index contributed by atoms with van der Waals surface area (Å²) in [6.45, 7) is 1.87. The van der Waals surface area contributed by atoms with Crippen molar-refractivity contribution in [3.05, 3.63) is 23.8 Å². The standard InChI is InChI=1S/C14H13N5O4S/c1-6-10(16-19-14(22)24-6)7-3-4-9-8(5-7)11(12(20)15-9)17-18-13(21)23-2/h3-6,15,20H,1-2H3,(H,19,22). The SMILES string of the molecule is COC(=O)N=Nc1c(O)[nH]c2ccc(C3=NNC(=O)SC3C)cc12. The van der Waals surface area contributed by atoms with Gasteiger partial charge in [-0.25, -0.2) is 10.2 Å². The van der Waals surface area contributed by atoms with Gasteiger partial charge >= 0.3 is 6.09 Å². The number of ether oxygens (including phenoxy) is 1. The minimum absolute atomic E-state index is 0.121. The number of H-pyrrole nitrogens is 1. The summed E-state index contributed by atoms with van der Waals surface area (Å²) >= 11 is 1.13. The van der Waals surface area contributed by atoms with Crippen LogP contribution in [0.1, 0.15) is 12.5 Å². The summed E-state index contributed by atoms with van der Waals surface area (Å²) in [5.74, 6) is -0.212. The summed E-state index contributed by atoms with van der Waals surface area (Å²) < 4.78 is 4.39. The number of nitrogens with one attached hydrogen (secondary N) is 2. The van der Waals surface area contributed by atoms with E-state index in [2.05, 4.69) is 30.5 Å². The molecule has 3 rings (SSSR count). The highest BCUT2D eigenvalue weighted by molar-refractivity contribution is 8.14. The molecule has 1 aliphatic rings. The van der Waals surface area contributed by atoms with Crippen LogP contribution in [0, 0.1) is 0 Å². The minimum Gasteiger partial charge on any atom is -0.493 e. The lowest BCUT2D eigenvalue weighted by molar-refractivity contribution is 0.181. The quantitative estimate of drug-likeness (QED) is 0.718. The first-order valence-electron chi connectivity index (χ1n) is 6.88. The van der Waals surface area contributed by atoms with Gasteiger partial charge in [0, 0.05) is 5.39 Å². The number of hydrogen-bond donors (Lipinski definition) is 3. The summed E-state index contributed by atoms with van der Waals surface area (Å²) in [6.07, 6.45) is -0.871. The summed E-state index contributed by atoms with van der Waals surface area (Å²) in [7, 11) is 1.18. The van der Waals surface area contributed by atoms with E-state index in [9.17, 15) is 14.7 Å². The first-order chi connectivity index (χ1) is 11.5. The van der Waals surface area contributed by atoms with Crippen LogP contribution in [0.5, 0.6) is 5.88 Å². The highest BCUT2D eigenvalue weighted by Gasteiger charge is 2.23. The number of amides is 2. The number of fused-ring (bicyclic) bond motifs is 1. The summed E-state index contributed by atoms with van der Waals surface area (Å²) in [5.41, 5.74) is 4.63. The number of rotatable bonds is 2. The molecule has 1 atom stereocenters. The maximum absolute atomic E-state index is 11.3. The van der Waals surface area contributed by atoms with Crippen LogP contribution >= 0.6 is 11.8 Å². The number of aromatic amines is 1. The number of thioether (sulfide) groups is 1. The van der Waals surface area contributed by atoms with Crippen LogP contribution in [0.15, 0.2) is 33.5 Å². The number of azo groups is 1. The van der Waals surface area contributed by atoms with E-state index in [1.54, 1.807) is 12.1 Å². The lowest BCUT2D eigenvalue weighted by Gasteiger charge is -2.18. The third-order valence-corrected chi connectivity index (χ3v) is 4.27. The molecule has 2 aromatic rings. The molecule has 2 amide bonds. The molecular formula is C14H13N5O4S. The molecule has 0 radical (unpaired) electrons. The van der Waals surface area contributed by atoms with Gasteiger partial charge in [-0.3, -0.25) is 4.79 Å². The number of carbonyl (C=O) groups excluding carboxylic acids is 2. The molecule has 3 N–H and O–H groups in total. The number of aromatic hydroxyl groups is 1. The Morgan fingerprint density at radius 3 is 2.96 bits per heavy atom. The molecule has 0 saturated carbocycles. The van der Waals surface area contributed by atoms with Gasteiger partial charge in [-0.1, -0.05) is 22.9 Å². The van der Waals surface area contributed by atoms with E-state index in [0.29, 0.717) is 16.6 Å². The molecule has 124 valence electrons. The predicted octanol–water partition coefficient (Wildman–Crippen LogP) is 3.27. The lowest BCUT2D eigenvalue weighted by Crippen LogP contribution is -2.29. The number of carbonyl (C=O) groups is 2. The number of hydrazone groups is 1. The fraction of sp³-hybridized carbons (Fsp3) is 0.214. The van der Waals surface area contributed by atoms with Crippen LogP contribution in [0.2, 0.25) is 0 Å². The third-order valence-electron chi connectivity index (χ3n) is 3.39. The van der Waals surface area contributed by atoms with Crippen molar-refractivity contribution in [2.24, 2.45) is 15.3 Å². The second-order valence-corrected chi connectivity index (χ2v) is 6.22. The molecule has 24 heavy (non-hydrogen) atoms. The highest BCUT2D eigenvalue weighted by Crippen LogP contribution is 2.36. The summed E-state index contributed by atoms with van der Waals surface area (Å²) in [6, 6.07) is 5.31. The molecule has 0 saturated heterocycles. The Balaban J connectivity index is 2.06. The van der Waals surface area contributed by atoms with E-state index < -0.39 is 6.09 Å². The fourth-order valence-corrected chi connectivity index (χ4v) is 3.01. The fourth-order valence-electron chi connectivity index (χ4n) is 2.29. The Labute approximate surface area is 140 Å². The molecule has 1 aromatic heterocycles. The Kier molecular flexibility index (Phi) is 4.21. The van der Waals surface area contributed by atoms with Crippen LogP contribution in [0.4, 0.5) is 15.3 Å². The number of methoxy groups -OCH3 is 1. The van der Waals surface area contributed by atoms with Crippen molar-refractivity contribution < 1.29 is 19.4 Å². The van der Waals surface area contributed by atoms with Gasteiger partial charge in [-0.05, 0) is 24.6 Å². The van der Waals surface area contributed by atoms with Crippen molar-refractivity contribution in [2.45, 2.75) is 12.2 Å². The molecule has 0 fully saturated rings. The largest absolute Gasteiger partial charge is 0.493 e. The molecule has 0 spiro atoms. The summed E-state index contributed by atoms with van der Waals surface area (Å²) in [5, 5.41) is 21.4. The zero-order chi connectivity index (χ0) is 17.3. The zero-order valence-electron chi connectivity index (χ0n) is 12.7. The lowest BCUT2D eigenvalue weighted by atomic mass is 10.1. The zero-order valence-corrected chi connectivity index (χ0v) is 13.5. The van der Waals surface area contributed by atoms with Crippen molar-refractivity contribution in [3.63, 3.8) is 0 Å². The Morgan fingerprint density at radius 2 is 2.25 bits per heavy atom. The van der Waals surface area contributed by atoms with E-state index in [-0.39, 0.29) is 22.1 Å². The van der Waals surface area contributed by atoms with Gasteiger partial charge in [0.1, 0.15) is 0 Å². The number of benzene rings is 1. The van der Waals surface area contributed by atoms with Crippen molar-refractivity contribution in [2.75, 3.05) is 7.11 Å². The highest BCUT2D eigenvalue weighted by atomic mass is 32.2. The van der Waals surface area contributed by atoms with Crippen LogP contribution in [0.3, 0.4) is 0 Å². The van der Waals surface area contributed by atoms with E-state index in [1.807, 2.05) is 13.0 Å². The second kappa shape index (κ2) is 6.32. The van der Waals surface area contributed by atoms with E-state index in [0.717, 1.165) is 17.3 Å². The molecule has 0 bridgehead atoms. The smallest absolute Gasteiger partial charge is 0.452 e. The normalized spacial score (nSPS) is 17.8. The van der Waals surface area contributed by atoms with E-state index in [1.165, 1.54) is 7.11 Å². The Morgan fingerprint density at radius 1 is 1.46 bits per heavy atom. The van der Waals surface area contributed by atoms with Crippen LogP contribution in [-0.2, 0) is 4.74 Å². The number of aromatic nitrogens is 1. The number of hydrogen-bond acceptors (Lipinski definition) is 7. The maximum atomic E-state index is 11.3. The van der Waals surface area contributed by atoms with Crippen LogP contribution in [0.25, 0.3) is 10.9 Å². The average molecular weight is 347 g/mol. The maximum Gasteiger partial charge on any atom is 0.452 e. The van der Waals surface area contributed by atoms with Gasteiger partial charge in [0.25, 0.3) is 5.24 Å². The monoisotopic (exact) mass is 347 g/mol. The Bertz CT molecular complexity index is 889. The minimum atomic E-state index is -0.871. The molecule has 0 aliphatic carbocycles. The average Bonchev–Trinajstić information content (AvgIpc) is 2.87. The molecular weight excluding hydrogens is 334 g/mol. The topological polar surface area (TPSA) is 128 Å². The van der Waals surface area contributed by atoms with Gasteiger partial charge in [-0.15, -0.1) is 5.11 Å². The molecule has 10 heteroatoms. The molecule has 9 nitrogen and oxygen atoms in total. The van der Waals surface area contributed by atoms with Gasteiger partial charge in [0.2, 0.25) is 5.88 Å². The van der Waals surface area contributed by atoms with Gasteiger partial charge in [-0.2, -0.15) is 5.10 Å².